The molecule has 0 aliphatic carbocycles. The first-order valence-corrected chi connectivity index (χ1v) is 5.70. The molecular weight excluding hydrogens is 218 g/mol. The zero-order valence-corrected chi connectivity index (χ0v) is 9.69. The van der Waals surface area contributed by atoms with Gasteiger partial charge in [0.05, 0.1) is 18.2 Å². The van der Waals surface area contributed by atoms with E-state index in [1.165, 1.54) is 0 Å². The third-order valence-corrected chi connectivity index (χ3v) is 2.85. The number of carbonyl (C=O) groups excluding carboxylic acids is 2. The number of imide groups is 1. The molecule has 2 N–H and O–H groups in total. The highest BCUT2D eigenvalue weighted by Crippen LogP contribution is 2.08. The molecule has 0 radical (unpaired) electrons. The second-order valence-corrected chi connectivity index (χ2v) is 4.01. The van der Waals surface area contributed by atoms with Crippen LogP contribution < -0.4 is 10.6 Å². The minimum Gasteiger partial charge on any atom is -0.300 e. The van der Waals surface area contributed by atoms with Gasteiger partial charge in [-0.15, -0.1) is 0 Å². The van der Waals surface area contributed by atoms with E-state index in [-0.39, 0.29) is 18.2 Å². The summed E-state index contributed by atoms with van der Waals surface area (Å²) in [6, 6.07) is 3.49. The standard InChI is InChI=1S/C12H15N3O2/c1-2-8-4-3-5-13-10(8)7-14-9-6-11(16)15-12(9)17/h3-5,9,14H,2,6-7H2,1H3,(H,15,16,17). The Balaban J connectivity index is 1.98. The van der Waals surface area contributed by atoms with Gasteiger partial charge in [-0.1, -0.05) is 13.0 Å². The summed E-state index contributed by atoms with van der Waals surface area (Å²) in [6.07, 6.45) is 2.85. The first-order valence-electron chi connectivity index (χ1n) is 5.70. The summed E-state index contributed by atoms with van der Waals surface area (Å²) >= 11 is 0. The van der Waals surface area contributed by atoms with Gasteiger partial charge in [-0.25, -0.2) is 0 Å². The van der Waals surface area contributed by atoms with Crippen LogP contribution in [0.25, 0.3) is 0 Å². The molecule has 17 heavy (non-hydrogen) atoms. The van der Waals surface area contributed by atoms with Crippen molar-refractivity contribution in [1.29, 1.82) is 0 Å². The predicted octanol–water partition coefficient (Wildman–Crippen LogP) is 0.149. The Morgan fingerprint density at radius 2 is 2.35 bits per heavy atom. The molecule has 0 bridgehead atoms. The lowest BCUT2D eigenvalue weighted by atomic mass is 10.1. The van der Waals surface area contributed by atoms with E-state index in [1.54, 1.807) is 6.20 Å². The van der Waals surface area contributed by atoms with Crippen molar-refractivity contribution in [3.8, 4) is 0 Å². The normalized spacial score (nSPS) is 19.5. The summed E-state index contributed by atoms with van der Waals surface area (Å²) in [7, 11) is 0. The van der Waals surface area contributed by atoms with E-state index in [0.717, 1.165) is 17.7 Å². The third kappa shape index (κ3) is 2.68. The van der Waals surface area contributed by atoms with Crippen LogP contribution in [0.3, 0.4) is 0 Å². The number of nitrogens with one attached hydrogen (secondary N) is 2. The maximum Gasteiger partial charge on any atom is 0.244 e. The number of hydrogen-bond acceptors (Lipinski definition) is 4. The van der Waals surface area contributed by atoms with Crippen molar-refractivity contribution in [3.05, 3.63) is 29.6 Å². The van der Waals surface area contributed by atoms with Gasteiger partial charge in [0, 0.05) is 12.7 Å². The molecule has 1 aliphatic heterocycles. The van der Waals surface area contributed by atoms with Crippen molar-refractivity contribution >= 4 is 11.8 Å². The minimum absolute atomic E-state index is 0.215. The summed E-state index contributed by atoms with van der Waals surface area (Å²) in [6.45, 7) is 2.57. The van der Waals surface area contributed by atoms with Gasteiger partial charge in [-0.05, 0) is 18.1 Å². The zero-order valence-electron chi connectivity index (χ0n) is 9.69. The first kappa shape index (κ1) is 11.7. The van der Waals surface area contributed by atoms with Crippen LogP contribution in [-0.4, -0.2) is 22.8 Å². The molecule has 1 aromatic rings. The van der Waals surface area contributed by atoms with E-state index in [1.807, 2.05) is 12.1 Å². The third-order valence-electron chi connectivity index (χ3n) is 2.85. The van der Waals surface area contributed by atoms with Gasteiger partial charge >= 0.3 is 0 Å². The van der Waals surface area contributed by atoms with Gasteiger partial charge in [0.2, 0.25) is 11.8 Å². The minimum atomic E-state index is -0.422. The fraction of sp³-hybridized carbons (Fsp3) is 0.417. The Hall–Kier alpha value is -1.75. The molecule has 1 aliphatic rings. The number of aryl methyl sites for hydroxylation is 1. The number of nitrogens with zero attached hydrogens (tertiary/aromatic N) is 1. The van der Waals surface area contributed by atoms with Crippen molar-refractivity contribution in [3.63, 3.8) is 0 Å². The van der Waals surface area contributed by atoms with Crippen LogP contribution in [0.1, 0.15) is 24.6 Å². The van der Waals surface area contributed by atoms with Crippen molar-refractivity contribution in [1.82, 2.24) is 15.6 Å². The Bertz CT molecular complexity index is 445. The Morgan fingerprint density at radius 3 is 3.00 bits per heavy atom. The lowest BCUT2D eigenvalue weighted by molar-refractivity contribution is -0.125. The van der Waals surface area contributed by atoms with Crippen LogP contribution in [0.15, 0.2) is 18.3 Å². The second kappa shape index (κ2) is 5.05. The van der Waals surface area contributed by atoms with Crippen LogP contribution >= 0.6 is 0 Å². The van der Waals surface area contributed by atoms with E-state index in [4.69, 9.17) is 0 Å². The lowest BCUT2D eigenvalue weighted by Crippen LogP contribution is -2.36. The predicted molar refractivity (Wildman–Crippen MR) is 62.0 cm³/mol. The summed E-state index contributed by atoms with van der Waals surface area (Å²) in [4.78, 5) is 26.6. The molecule has 90 valence electrons. The van der Waals surface area contributed by atoms with Crippen molar-refractivity contribution in [2.24, 2.45) is 0 Å². The van der Waals surface area contributed by atoms with Gasteiger partial charge in [0.1, 0.15) is 0 Å². The maximum atomic E-state index is 11.3. The molecule has 5 heteroatoms. The molecule has 0 spiro atoms. The molecule has 0 saturated carbocycles. The van der Waals surface area contributed by atoms with E-state index in [9.17, 15) is 9.59 Å². The zero-order chi connectivity index (χ0) is 12.3. The molecule has 2 rings (SSSR count). The second-order valence-electron chi connectivity index (χ2n) is 4.01. The number of pyridine rings is 1. The molecule has 1 atom stereocenters. The smallest absolute Gasteiger partial charge is 0.244 e. The quantitative estimate of drug-likeness (QED) is 0.726. The van der Waals surface area contributed by atoms with Crippen LogP contribution in [0, 0.1) is 0 Å². The fourth-order valence-electron chi connectivity index (χ4n) is 1.89. The number of carbonyl (C=O) groups is 2. The van der Waals surface area contributed by atoms with Crippen LogP contribution in [0.4, 0.5) is 0 Å². The van der Waals surface area contributed by atoms with E-state index in [2.05, 4.69) is 22.5 Å². The SMILES string of the molecule is CCc1cccnc1CNC1CC(=O)NC1=O. The molecule has 2 heterocycles. The molecule has 1 unspecified atom stereocenters. The first-order chi connectivity index (χ1) is 8.20. The Morgan fingerprint density at radius 1 is 1.53 bits per heavy atom. The van der Waals surface area contributed by atoms with Gasteiger partial charge in [-0.2, -0.15) is 0 Å². The number of rotatable bonds is 4. The molecule has 1 fully saturated rings. The van der Waals surface area contributed by atoms with Crippen LogP contribution in [0.5, 0.6) is 0 Å². The number of aromatic nitrogens is 1. The highest BCUT2D eigenvalue weighted by molar-refractivity contribution is 6.05. The van der Waals surface area contributed by atoms with Crippen molar-refractivity contribution < 1.29 is 9.59 Å². The van der Waals surface area contributed by atoms with Gasteiger partial charge < -0.3 is 0 Å². The summed E-state index contributed by atoms with van der Waals surface area (Å²) < 4.78 is 0. The number of hydrogen-bond donors (Lipinski definition) is 2. The van der Waals surface area contributed by atoms with Crippen molar-refractivity contribution in [2.75, 3.05) is 0 Å². The van der Waals surface area contributed by atoms with Gasteiger partial charge in [0.15, 0.2) is 0 Å². The van der Waals surface area contributed by atoms with Gasteiger partial charge in [-0.3, -0.25) is 25.2 Å². The molecular formula is C12H15N3O2. The molecule has 1 aromatic heterocycles. The van der Waals surface area contributed by atoms with E-state index in [0.29, 0.717) is 6.54 Å². The van der Waals surface area contributed by atoms with Crippen LogP contribution in [-0.2, 0) is 22.6 Å². The fourth-order valence-corrected chi connectivity index (χ4v) is 1.89. The highest BCUT2D eigenvalue weighted by atomic mass is 16.2. The molecule has 1 saturated heterocycles. The summed E-state index contributed by atoms with van der Waals surface area (Å²) in [5.74, 6) is -0.465. The Labute approximate surface area is 99.6 Å². The van der Waals surface area contributed by atoms with Crippen LogP contribution in [0.2, 0.25) is 0 Å². The highest BCUT2D eigenvalue weighted by Gasteiger charge is 2.29. The molecule has 2 amide bonds. The number of amides is 2. The Kier molecular flexibility index (Phi) is 3.49. The summed E-state index contributed by atoms with van der Waals surface area (Å²) in [5, 5.41) is 5.33. The maximum absolute atomic E-state index is 11.3. The average Bonchev–Trinajstić information content (AvgIpc) is 2.65. The molecule has 0 aromatic carbocycles. The topological polar surface area (TPSA) is 71.1 Å². The van der Waals surface area contributed by atoms with E-state index < -0.39 is 6.04 Å². The lowest BCUT2D eigenvalue weighted by Gasteiger charge is -2.10. The van der Waals surface area contributed by atoms with E-state index >= 15 is 0 Å². The average molecular weight is 233 g/mol. The van der Waals surface area contributed by atoms with Gasteiger partial charge in [0.25, 0.3) is 0 Å². The monoisotopic (exact) mass is 233 g/mol. The summed E-state index contributed by atoms with van der Waals surface area (Å²) in [5.41, 5.74) is 2.09. The largest absolute Gasteiger partial charge is 0.300 e. The van der Waals surface area contributed by atoms with Crippen molar-refractivity contribution in [2.45, 2.75) is 32.4 Å². The molecule has 5 nitrogen and oxygen atoms in total.